The molecule has 1 aliphatic rings. The molecule has 3 heterocycles. The van der Waals surface area contributed by atoms with E-state index in [9.17, 15) is 4.39 Å². The third-order valence-corrected chi connectivity index (χ3v) is 5.53. The molecule has 0 aliphatic carbocycles. The Balaban J connectivity index is 1.42. The minimum Gasteiger partial charge on any atom is -0.497 e. The van der Waals surface area contributed by atoms with Gasteiger partial charge in [0.05, 0.1) is 23.0 Å². The zero-order chi connectivity index (χ0) is 17.2. The van der Waals surface area contributed by atoms with Crippen LogP contribution < -0.4 is 9.64 Å². The summed E-state index contributed by atoms with van der Waals surface area (Å²) in [5.41, 5.74) is 1.49. The second kappa shape index (κ2) is 6.93. The summed E-state index contributed by atoms with van der Waals surface area (Å²) in [7, 11) is 1.66. The summed E-state index contributed by atoms with van der Waals surface area (Å²) in [4.78, 5) is 13.4. The lowest BCUT2D eigenvalue weighted by Crippen LogP contribution is -2.46. The number of anilines is 1. The highest BCUT2D eigenvalue weighted by molar-refractivity contribution is 7.22. The summed E-state index contributed by atoms with van der Waals surface area (Å²) in [5, 5.41) is 1.03. The average molecular weight is 358 g/mol. The van der Waals surface area contributed by atoms with Gasteiger partial charge in [-0.1, -0.05) is 11.3 Å². The third kappa shape index (κ3) is 3.43. The highest BCUT2D eigenvalue weighted by Crippen LogP contribution is 2.31. The quantitative estimate of drug-likeness (QED) is 0.717. The standard InChI is InChI=1S/C18H19FN4OS/c1-24-13-4-5-17-15(11-13)21-18(25-17)23-9-7-22(8-10-23)12-16-14(19)3-2-6-20-16/h2-6,11H,7-10,12H2,1H3. The van der Waals surface area contributed by atoms with Crippen LogP contribution in [0.25, 0.3) is 10.2 Å². The maximum atomic E-state index is 13.7. The van der Waals surface area contributed by atoms with Crippen LogP contribution >= 0.6 is 11.3 Å². The fraction of sp³-hybridized carbons (Fsp3) is 0.333. The number of halogens is 1. The number of fused-ring (bicyclic) bond motifs is 1. The Bertz CT molecular complexity index is 876. The highest BCUT2D eigenvalue weighted by Gasteiger charge is 2.21. The van der Waals surface area contributed by atoms with Crippen LogP contribution in [0, 0.1) is 5.82 Å². The van der Waals surface area contributed by atoms with Crippen molar-refractivity contribution in [3.8, 4) is 5.75 Å². The van der Waals surface area contributed by atoms with Gasteiger partial charge in [-0.15, -0.1) is 0 Å². The monoisotopic (exact) mass is 358 g/mol. The van der Waals surface area contributed by atoms with Gasteiger partial charge in [0.15, 0.2) is 5.13 Å². The van der Waals surface area contributed by atoms with E-state index in [0.29, 0.717) is 12.2 Å². The molecule has 0 atom stereocenters. The van der Waals surface area contributed by atoms with Crippen molar-refractivity contribution < 1.29 is 9.13 Å². The molecule has 0 saturated carbocycles. The topological polar surface area (TPSA) is 41.5 Å². The third-order valence-electron chi connectivity index (χ3n) is 4.43. The predicted molar refractivity (Wildman–Crippen MR) is 97.9 cm³/mol. The Labute approximate surface area is 149 Å². The fourth-order valence-electron chi connectivity index (χ4n) is 3.00. The minimum atomic E-state index is -0.231. The smallest absolute Gasteiger partial charge is 0.186 e. The molecule has 0 N–H and O–H groups in total. The van der Waals surface area contributed by atoms with E-state index in [1.165, 1.54) is 6.07 Å². The largest absolute Gasteiger partial charge is 0.497 e. The van der Waals surface area contributed by atoms with Crippen LogP contribution in [0.15, 0.2) is 36.5 Å². The van der Waals surface area contributed by atoms with E-state index < -0.39 is 0 Å². The highest BCUT2D eigenvalue weighted by atomic mass is 32.1. The van der Waals surface area contributed by atoms with Gasteiger partial charge in [-0.2, -0.15) is 0 Å². The van der Waals surface area contributed by atoms with Crippen LogP contribution in [0.3, 0.4) is 0 Å². The predicted octanol–water partition coefficient (Wildman–Crippen LogP) is 3.16. The van der Waals surface area contributed by atoms with Gasteiger partial charge >= 0.3 is 0 Å². The first-order valence-corrected chi connectivity index (χ1v) is 9.06. The first-order chi connectivity index (χ1) is 12.2. The van der Waals surface area contributed by atoms with Crippen LogP contribution in [0.4, 0.5) is 9.52 Å². The van der Waals surface area contributed by atoms with Gasteiger partial charge < -0.3 is 9.64 Å². The second-order valence-corrected chi connectivity index (χ2v) is 7.03. The van der Waals surface area contributed by atoms with Crippen molar-refractivity contribution >= 4 is 26.7 Å². The van der Waals surface area contributed by atoms with Crippen LogP contribution in [0.2, 0.25) is 0 Å². The Kier molecular flexibility index (Phi) is 4.50. The van der Waals surface area contributed by atoms with Gasteiger partial charge in [0.25, 0.3) is 0 Å². The molecule has 5 nitrogen and oxygen atoms in total. The van der Waals surface area contributed by atoms with E-state index in [4.69, 9.17) is 9.72 Å². The first-order valence-electron chi connectivity index (χ1n) is 8.24. The molecule has 7 heteroatoms. The van der Waals surface area contributed by atoms with Crippen molar-refractivity contribution in [2.24, 2.45) is 0 Å². The molecule has 1 saturated heterocycles. The van der Waals surface area contributed by atoms with Crippen LogP contribution in [-0.2, 0) is 6.54 Å². The van der Waals surface area contributed by atoms with Gasteiger partial charge in [-0.05, 0) is 24.3 Å². The van der Waals surface area contributed by atoms with Crippen LogP contribution in [0.1, 0.15) is 5.69 Å². The van der Waals surface area contributed by atoms with E-state index in [0.717, 1.165) is 47.3 Å². The van der Waals surface area contributed by atoms with Gasteiger partial charge in [-0.3, -0.25) is 9.88 Å². The number of methoxy groups -OCH3 is 1. The Morgan fingerprint density at radius 2 is 2.04 bits per heavy atom. The number of thiazole rings is 1. The van der Waals surface area contributed by atoms with Crippen molar-refractivity contribution in [2.45, 2.75) is 6.54 Å². The average Bonchev–Trinajstić information content (AvgIpc) is 3.07. The maximum absolute atomic E-state index is 13.7. The number of pyridine rings is 1. The molecule has 1 fully saturated rings. The van der Waals surface area contributed by atoms with E-state index in [2.05, 4.69) is 20.9 Å². The van der Waals surface area contributed by atoms with E-state index >= 15 is 0 Å². The first kappa shape index (κ1) is 16.2. The number of hydrogen-bond donors (Lipinski definition) is 0. The summed E-state index contributed by atoms with van der Waals surface area (Å²) < 4.78 is 20.2. The van der Waals surface area contributed by atoms with E-state index in [1.807, 2.05) is 12.1 Å². The van der Waals surface area contributed by atoms with Crippen molar-refractivity contribution in [2.75, 3.05) is 38.2 Å². The van der Waals surface area contributed by atoms with Crippen molar-refractivity contribution in [3.05, 3.63) is 48.0 Å². The number of hydrogen-bond acceptors (Lipinski definition) is 6. The Morgan fingerprint density at radius 1 is 1.20 bits per heavy atom. The number of aromatic nitrogens is 2. The maximum Gasteiger partial charge on any atom is 0.186 e. The SMILES string of the molecule is COc1ccc2sc(N3CCN(Cc4ncccc4F)CC3)nc2c1. The zero-order valence-electron chi connectivity index (χ0n) is 14.0. The normalized spacial score (nSPS) is 15.7. The molecular weight excluding hydrogens is 339 g/mol. The molecule has 0 spiro atoms. The summed E-state index contributed by atoms with van der Waals surface area (Å²) >= 11 is 1.70. The lowest BCUT2D eigenvalue weighted by Gasteiger charge is -2.34. The second-order valence-electron chi connectivity index (χ2n) is 6.03. The molecular formula is C18H19FN4OS. The molecule has 1 aromatic carbocycles. The fourth-order valence-corrected chi connectivity index (χ4v) is 4.00. The summed E-state index contributed by atoms with van der Waals surface area (Å²) in [6.45, 7) is 4.05. The molecule has 3 aromatic rings. The molecule has 25 heavy (non-hydrogen) atoms. The lowest BCUT2D eigenvalue weighted by molar-refractivity contribution is 0.243. The van der Waals surface area contributed by atoms with E-state index in [1.54, 1.807) is 30.7 Å². The molecule has 0 unspecified atom stereocenters. The van der Waals surface area contributed by atoms with Crippen molar-refractivity contribution in [1.82, 2.24) is 14.9 Å². The van der Waals surface area contributed by atoms with Crippen LogP contribution in [-0.4, -0.2) is 48.2 Å². The molecule has 0 bridgehead atoms. The molecule has 2 aromatic heterocycles. The minimum absolute atomic E-state index is 0.231. The van der Waals surface area contributed by atoms with Gasteiger partial charge in [0, 0.05) is 45.0 Å². The lowest BCUT2D eigenvalue weighted by atomic mass is 10.2. The number of ether oxygens (including phenoxy) is 1. The summed E-state index contributed by atoms with van der Waals surface area (Å²) in [6, 6.07) is 9.07. The van der Waals surface area contributed by atoms with Gasteiger partial charge in [0.1, 0.15) is 11.6 Å². The van der Waals surface area contributed by atoms with Crippen LogP contribution in [0.5, 0.6) is 5.75 Å². The van der Waals surface area contributed by atoms with Gasteiger partial charge in [-0.25, -0.2) is 9.37 Å². The molecule has 0 radical (unpaired) electrons. The van der Waals surface area contributed by atoms with Gasteiger partial charge in [0.2, 0.25) is 0 Å². The number of benzene rings is 1. The Morgan fingerprint density at radius 3 is 2.80 bits per heavy atom. The number of rotatable bonds is 4. The van der Waals surface area contributed by atoms with Crippen molar-refractivity contribution in [1.29, 1.82) is 0 Å². The number of nitrogens with zero attached hydrogens (tertiary/aromatic N) is 4. The Hall–Kier alpha value is -2.25. The molecule has 0 amide bonds. The molecule has 4 rings (SSSR count). The summed E-state index contributed by atoms with van der Waals surface area (Å²) in [5.74, 6) is 0.594. The summed E-state index contributed by atoms with van der Waals surface area (Å²) in [6.07, 6.45) is 1.64. The molecule has 1 aliphatic heterocycles. The molecule has 130 valence electrons. The van der Waals surface area contributed by atoms with Crippen molar-refractivity contribution in [3.63, 3.8) is 0 Å². The zero-order valence-corrected chi connectivity index (χ0v) is 14.8. The van der Waals surface area contributed by atoms with E-state index in [-0.39, 0.29) is 5.82 Å². The number of piperazine rings is 1.